The van der Waals surface area contributed by atoms with E-state index in [1.165, 1.54) is 16.2 Å². The highest BCUT2D eigenvalue weighted by atomic mass is 32.1. The minimum atomic E-state index is 0.0787. The van der Waals surface area contributed by atoms with Crippen LogP contribution in [-0.4, -0.2) is 41.7 Å². The number of thiophene rings is 1. The Hall–Kier alpha value is -2.22. The number of carbonyl (C=O) groups is 1. The summed E-state index contributed by atoms with van der Waals surface area (Å²) in [6, 6.07) is 10.1. The molecule has 3 heterocycles. The highest BCUT2D eigenvalue weighted by molar-refractivity contribution is 7.12. The zero-order chi connectivity index (χ0) is 21.6. The minimum absolute atomic E-state index is 0.0787. The van der Waals surface area contributed by atoms with Crippen molar-refractivity contribution in [1.29, 1.82) is 0 Å². The molecule has 1 atom stereocenters. The number of benzene rings is 1. The van der Waals surface area contributed by atoms with E-state index in [9.17, 15) is 4.79 Å². The number of ether oxygens (including phenoxy) is 2. The summed E-state index contributed by atoms with van der Waals surface area (Å²) >= 11 is 3.18. The van der Waals surface area contributed by atoms with Crippen LogP contribution in [0.2, 0.25) is 0 Å². The van der Waals surface area contributed by atoms with Crippen LogP contribution < -0.4 is 4.74 Å². The number of thiazole rings is 1. The summed E-state index contributed by atoms with van der Waals surface area (Å²) < 4.78 is 11.8. The molecule has 0 N–H and O–H groups in total. The third kappa shape index (κ3) is 5.73. The van der Waals surface area contributed by atoms with Crippen LogP contribution in [0.4, 0.5) is 0 Å². The SMILES string of the molecule is Cc1ccsc1C(=O)N(Cc1cccc(OCCc2scnc2C)c1)CC1CCCO1. The van der Waals surface area contributed by atoms with Gasteiger partial charge in [0.05, 0.1) is 28.8 Å². The fraction of sp³-hybridized carbons (Fsp3) is 0.417. The van der Waals surface area contributed by atoms with Gasteiger partial charge in [-0.25, -0.2) is 4.98 Å². The average Bonchev–Trinajstić information content (AvgIpc) is 3.51. The van der Waals surface area contributed by atoms with Crippen molar-refractivity contribution < 1.29 is 14.3 Å². The highest BCUT2D eigenvalue weighted by Crippen LogP contribution is 2.23. The summed E-state index contributed by atoms with van der Waals surface area (Å²) in [6.45, 7) is 6.58. The van der Waals surface area contributed by atoms with Crippen LogP contribution in [0.1, 0.15) is 44.2 Å². The van der Waals surface area contributed by atoms with E-state index in [1.807, 2.05) is 53.9 Å². The number of aryl methyl sites for hydroxylation is 2. The van der Waals surface area contributed by atoms with E-state index in [0.717, 1.165) is 53.3 Å². The van der Waals surface area contributed by atoms with Gasteiger partial charge in [-0.3, -0.25) is 4.79 Å². The van der Waals surface area contributed by atoms with Gasteiger partial charge in [0.25, 0.3) is 5.91 Å². The van der Waals surface area contributed by atoms with Crippen LogP contribution >= 0.6 is 22.7 Å². The monoisotopic (exact) mass is 456 g/mol. The van der Waals surface area contributed by atoms with Crippen molar-refractivity contribution in [3.05, 3.63) is 67.8 Å². The Labute approximate surface area is 191 Å². The fourth-order valence-corrected chi connectivity index (χ4v) is 5.43. The second kappa shape index (κ2) is 10.4. The Morgan fingerprint density at radius 2 is 2.19 bits per heavy atom. The molecule has 31 heavy (non-hydrogen) atoms. The predicted octanol–water partition coefficient (Wildman–Crippen LogP) is 5.26. The summed E-state index contributed by atoms with van der Waals surface area (Å²) in [5.41, 5.74) is 5.05. The topological polar surface area (TPSA) is 51.7 Å². The Bertz CT molecular complexity index is 1010. The molecule has 1 fully saturated rings. The fourth-order valence-electron chi connectivity index (χ4n) is 3.77. The summed E-state index contributed by atoms with van der Waals surface area (Å²) in [5.74, 6) is 0.909. The number of carbonyl (C=O) groups excluding carboxylic acids is 1. The van der Waals surface area contributed by atoms with Crippen molar-refractivity contribution in [2.75, 3.05) is 19.8 Å². The number of amides is 1. The third-order valence-electron chi connectivity index (χ3n) is 5.51. The van der Waals surface area contributed by atoms with Crippen molar-refractivity contribution in [1.82, 2.24) is 9.88 Å². The van der Waals surface area contributed by atoms with E-state index >= 15 is 0 Å². The summed E-state index contributed by atoms with van der Waals surface area (Å²) in [5, 5.41) is 1.98. The Kier molecular flexibility index (Phi) is 7.37. The van der Waals surface area contributed by atoms with Gasteiger partial charge in [-0.2, -0.15) is 0 Å². The molecule has 1 saturated heterocycles. The largest absolute Gasteiger partial charge is 0.493 e. The lowest BCUT2D eigenvalue weighted by Crippen LogP contribution is -2.36. The van der Waals surface area contributed by atoms with E-state index in [0.29, 0.717) is 19.7 Å². The van der Waals surface area contributed by atoms with Crippen molar-refractivity contribution in [2.45, 2.75) is 45.8 Å². The molecule has 0 spiro atoms. The molecule has 1 unspecified atom stereocenters. The molecule has 2 aromatic heterocycles. The number of hydrogen-bond acceptors (Lipinski definition) is 6. The molecule has 1 amide bonds. The van der Waals surface area contributed by atoms with E-state index in [-0.39, 0.29) is 12.0 Å². The van der Waals surface area contributed by atoms with Gasteiger partial charge in [-0.15, -0.1) is 22.7 Å². The Morgan fingerprint density at radius 1 is 1.29 bits per heavy atom. The lowest BCUT2D eigenvalue weighted by atomic mass is 10.1. The van der Waals surface area contributed by atoms with E-state index < -0.39 is 0 Å². The maximum Gasteiger partial charge on any atom is 0.264 e. The second-order valence-corrected chi connectivity index (χ2v) is 9.72. The van der Waals surface area contributed by atoms with Crippen LogP contribution in [0.5, 0.6) is 5.75 Å². The maximum absolute atomic E-state index is 13.3. The van der Waals surface area contributed by atoms with Crippen LogP contribution in [0.25, 0.3) is 0 Å². The van der Waals surface area contributed by atoms with Gasteiger partial charge in [0.15, 0.2) is 0 Å². The van der Waals surface area contributed by atoms with Gasteiger partial charge >= 0.3 is 0 Å². The molecule has 1 aliphatic rings. The zero-order valence-electron chi connectivity index (χ0n) is 18.0. The number of nitrogens with zero attached hydrogens (tertiary/aromatic N) is 2. The quantitative estimate of drug-likeness (QED) is 0.440. The highest BCUT2D eigenvalue weighted by Gasteiger charge is 2.25. The molecule has 3 aromatic rings. The van der Waals surface area contributed by atoms with Gasteiger partial charge in [0.2, 0.25) is 0 Å². The first kappa shape index (κ1) is 22.0. The maximum atomic E-state index is 13.3. The normalized spacial score (nSPS) is 15.9. The first-order valence-corrected chi connectivity index (χ1v) is 12.4. The van der Waals surface area contributed by atoms with Gasteiger partial charge in [-0.1, -0.05) is 12.1 Å². The Morgan fingerprint density at radius 3 is 2.90 bits per heavy atom. The summed E-state index contributed by atoms with van der Waals surface area (Å²) in [4.78, 5) is 21.6. The van der Waals surface area contributed by atoms with E-state index in [4.69, 9.17) is 9.47 Å². The first-order chi connectivity index (χ1) is 15.1. The molecule has 1 aromatic carbocycles. The van der Waals surface area contributed by atoms with Gasteiger partial charge in [0, 0.05) is 31.0 Å². The molecule has 0 bridgehead atoms. The third-order valence-corrected chi connectivity index (χ3v) is 7.51. The lowest BCUT2D eigenvalue weighted by molar-refractivity contribution is 0.0510. The van der Waals surface area contributed by atoms with Crippen LogP contribution in [-0.2, 0) is 17.7 Å². The minimum Gasteiger partial charge on any atom is -0.493 e. The number of aromatic nitrogens is 1. The first-order valence-electron chi connectivity index (χ1n) is 10.7. The van der Waals surface area contributed by atoms with Crippen LogP contribution in [0.3, 0.4) is 0 Å². The average molecular weight is 457 g/mol. The van der Waals surface area contributed by atoms with Crippen LogP contribution in [0, 0.1) is 13.8 Å². The van der Waals surface area contributed by atoms with Gasteiger partial charge < -0.3 is 14.4 Å². The molecular formula is C24H28N2O3S2. The second-order valence-electron chi connectivity index (χ2n) is 7.86. The predicted molar refractivity (Wildman–Crippen MR) is 125 cm³/mol. The van der Waals surface area contributed by atoms with Crippen molar-refractivity contribution in [3.63, 3.8) is 0 Å². The molecule has 0 radical (unpaired) electrons. The zero-order valence-corrected chi connectivity index (χ0v) is 19.6. The lowest BCUT2D eigenvalue weighted by Gasteiger charge is -2.25. The molecule has 0 saturated carbocycles. The van der Waals surface area contributed by atoms with Crippen molar-refractivity contribution >= 4 is 28.6 Å². The van der Waals surface area contributed by atoms with E-state index in [1.54, 1.807) is 11.3 Å². The summed E-state index contributed by atoms with van der Waals surface area (Å²) in [7, 11) is 0. The number of hydrogen-bond donors (Lipinski definition) is 0. The molecule has 0 aliphatic carbocycles. The molecule has 1 aliphatic heterocycles. The molecule has 4 rings (SSSR count). The van der Waals surface area contributed by atoms with Crippen molar-refractivity contribution in [2.24, 2.45) is 0 Å². The molecule has 5 nitrogen and oxygen atoms in total. The Balaban J connectivity index is 1.43. The molecule has 7 heteroatoms. The smallest absolute Gasteiger partial charge is 0.264 e. The van der Waals surface area contributed by atoms with Gasteiger partial charge in [0.1, 0.15) is 5.75 Å². The number of rotatable bonds is 9. The van der Waals surface area contributed by atoms with E-state index in [2.05, 4.69) is 11.1 Å². The summed E-state index contributed by atoms with van der Waals surface area (Å²) in [6.07, 6.45) is 3.04. The van der Waals surface area contributed by atoms with Gasteiger partial charge in [-0.05, 0) is 61.4 Å². The molecule has 164 valence electrons. The standard InChI is InChI=1S/C24H28N2O3S2/c1-17-9-12-30-23(17)24(27)26(15-21-7-4-10-28-21)14-19-5-3-6-20(13-19)29-11-8-22-18(2)25-16-31-22/h3,5-6,9,12-13,16,21H,4,7-8,10-11,14-15H2,1-2H3. The van der Waals surface area contributed by atoms with Crippen molar-refractivity contribution in [3.8, 4) is 5.75 Å². The van der Waals surface area contributed by atoms with Crippen LogP contribution in [0.15, 0.2) is 41.2 Å². The molecular weight excluding hydrogens is 428 g/mol.